The number of carbonyl (C=O) groups is 1. The summed E-state index contributed by atoms with van der Waals surface area (Å²) >= 11 is 0. The molecule has 0 radical (unpaired) electrons. The average Bonchev–Trinajstić information content (AvgIpc) is 2.53. The molecule has 2 aliphatic heterocycles. The Bertz CT molecular complexity index is 261. The van der Waals surface area contributed by atoms with Crippen molar-refractivity contribution in [2.24, 2.45) is 5.92 Å². The van der Waals surface area contributed by atoms with Gasteiger partial charge in [-0.1, -0.05) is 13.8 Å². The number of piperidine rings is 1. The quantitative estimate of drug-likeness (QED) is 0.764. The molecule has 98 valence electrons. The predicted octanol–water partition coefficient (Wildman–Crippen LogP) is 0.539. The van der Waals surface area contributed by atoms with Crippen molar-refractivity contribution >= 4 is 5.91 Å². The van der Waals surface area contributed by atoms with Gasteiger partial charge in [0.05, 0.1) is 0 Å². The standard InChI is InChI=1S/C13H25N3O/c1-3-15-7-4-12(5-8-15)16-9-6-14-10-11(2)13(16)17/h11-12,14H,3-10H2,1-2H3. The molecule has 2 aliphatic rings. The van der Waals surface area contributed by atoms with Crippen LogP contribution in [0.15, 0.2) is 0 Å². The van der Waals surface area contributed by atoms with Crippen LogP contribution >= 0.6 is 0 Å². The number of carbonyl (C=O) groups excluding carboxylic acids is 1. The Morgan fingerprint density at radius 1 is 1.29 bits per heavy atom. The Morgan fingerprint density at radius 2 is 2.00 bits per heavy atom. The highest BCUT2D eigenvalue weighted by Crippen LogP contribution is 2.19. The summed E-state index contributed by atoms with van der Waals surface area (Å²) in [5, 5.41) is 3.34. The highest BCUT2D eigenvalue weighted by atomic mass is 16.2. The summed E-state index contributed by atoms with van der Waals surface area (Å²) in [5.41, 5.74) is 0. The SMILES string of the molecule is CCN1CCC(N2CCNCC(C)C2=O)CC1. The van der Waals surface area contributed by atoms with Crippen molar-refractivity contribution in [2.45, 2.75) is 32.7 Å². The van der Waals surface area contributed by atoms with E-state index in [0.717, 1.165) is 52.1 Å². The maximum Gasteiger partial charge on any atom is 0.226 e. The number of likely N-dealkylation sites (tertiary alicyclic amines) is 1. The minimum atomic E-state index is 0.140. The molecular formula is C13H25N3O. The molecule has 4 heteroatoms. The van der Waals surface area contributed by atoms with Gasteiger partial charge in [0.1, 0.15) is 0 Å². The molecule has 2 saturated heterocycles. The molecule has 0 bridgehead atoms. The Hall–Kier alpha value is -0.610. The predicted molar refractivity (Wildman–Crippen MR) is 68.9 cm³/mol. The van der Waals surface area contributed by atoms with Gasteiger partial charge in [0.25, 0.3) is 0 Å². The van der Waals surface area contributed by atoms with Crippen LogP contribution in [0.25, 0.3) is 0 Å². The van der Waals surface area contributed by atoms with Crippen molar-refractivity contribution in [3.05, 3.63) is 0 Å². The summed E-state index contributed by atoms with van der Waals surface area (Å²) in [6.45, 7) is 10.4. The van der Waals surface area contributed by atoms with E-state index in [-0.39, 0.29) is 5.92 Å². The van der Waals surface area contributed by atoms with E-state index in [4.69, 9.17) is 0 Å². The van der Waals surface area contributed by atoms with Crippen LogP contribution in [-0.2, 0) is 4.79 Å². The number of hydrogen-bond acceptors (Lipinski definition) is 3. The van der Waals surface area contributed by atoms with Crippen molar-refractivity contribution < 1.29 is 4.79 Å². The highest BCUT2D eigenvalue weighted by Gasteiger charge is 2.30. The lowest BCUT2D eigenvalue weighted by molar-refractivity contribution is -0.137. The van der Waals surface area contributed by atoms with Gasteiger partial charge in [0.2, 0.25) is 5.91 Å². The number of nitrogens with one attached hydrogen (secondary N) is 1. The minimum absolute atomic E-state index is 0.140. The molecule has 0 aromatic rings. The Labute approximate surface area is 104 Å². The van der Waals surface area contributed by atoms with Crippen LogP contribution in [-0.4, -0.2) is 61.0 Å². The molecule has 0 aromatic carbocycles. The lowest BCUT2D eigenvalue weighted by Crippen LogP contribution is -2.49. The van der Waals surface area contributed by atoms with Crippen molar-refractivity contribution in [1.82, 2.24) is 15.1 Å². The van der Waals surface area contributed by atoms with E-state index >= 15 is 0 Å². The Kier molecular flexibility index (Phi) is 4.40. The lowest BCUT2D eigenvalue weighted by atomic mass is 10.0. The van der Waals surface area contributed by atoms with Gasteiger partial charge in [0, 0.05) is 44.7 Å². The second-order valence-corrected chi connectivity index (χ2v) is 5.30. The number of hydrogen-bond donors (Lipinski definition) is 1. The molecule has 4 nitrogen and oxygen atoms in total. The van der Waals surface area contributed by atoms with Crippen LogP contribution in [0.4, 0.5) is 0 Å². The monoisotopic (exact) mass is 239 g/mol. The molecule has 2 fully saturated rings. The molecule has 0 spiro atoms. The second-order valence-electron chi connectivity index (χ2n) is 5.30. The fourth-order valence-corrected chi connectivity index (χ4v) is 2.91. The first-order chi connectivity index (χ1) is 8.22. The maximum atomic E-state index is 12.3. The summed E-state index contributed by atoms with van der Waals surface area (Å²) in [7, 11) is 0. The van der Waals surface area contributed by atoms with Crippen LogP contribution in [0, 0.1) is 5.92 Å². The summed E-state index contributed by atoms with van der Waals surface area (Å²) in [5.74, 6) is 0.492. The largest absolute Gasteiger partial charge is 0.338 e. The van der Waals surface area contributed by atoms with Crippen molar-refractivity contribution in [3.63, 3.8) is 0 Å². The molecule has 1 N–H and O–H groups in total. The molecule has 17 heavy (non-hydrogen) atoms. The third kappa shape index (κ3) is 2.99. The van der Waals surface area contributed by atoms with Gasteiger partial charge >= 0.3 is 0 Å². The van der Waals surface area contributed by atoms with Gasteiger partial charge in [0.15, 0.2) is 0 Å². The van der Waals surface area contributed by atoms with Gasteiger partial charge in [-0.25, -0.2) is 0 Å². The van der Waals surface area contributed by atoms with Crippen LogP contribution in [0.2, 0.25) is 0 Å². The third-order valence-corrected chi connectivity index (χ3v) is 4.13. The molecule has 0 aliphatic carbocycles. The van der Waals surface area contributed by atoms with Gasteiger partial charge in [-0.2, -0.15) is 0 Å². The van der Waals surface area contributed by atoms with E-state index in [2.05, 4.69) is 22.0 Å². The normalized spacial score (nSPS) is 29.4. The van der Waals surface area contributed by atoms with Gasteiger partial charge in [-0.3, -0.25) is 4.79 Å². The molecule has 0 aromatic heterocycles. The zero-order valence-electron chi connectivity index (χ0n) is 11.1. The number of rotatable bonds is 2. The zero-order valence-corrected chi connectivity index (χ0v) is 11.1. The van der Waals surface area contributed by atoms with Crippen molar-refractivity contribution in [2.75, 3.05) is 39.3 Å². The average molecular weight is 239 g/mol. The van der Waals surface area contributed by atoms with E-state index < -0.39 is 0 Å². The van der Waals surface area contributed by atoms with Crippen molar-refractivity contribution in [3.8, 4) is 0 Å². The van der Waals surface area contributed by atoms with Crippen LogP contribution in [0.1, 0.15) is 26.7 Å². The summed E-state index contributed by atoms with van der Waals surface area (Å²) in [6.07, 6.45) is 2.29. The minimum Gasteiger partial charge on any atom is -0.338 e. The first kappa shape index (κ1) is 12.8. The summed E-state index contributed by atoms with van der Waals surface area (Å²) in [6, 6.07) is 0.479. The topological polar surface area (TPSA) is 35.6 Å². The molecule has 2 heterocycles. The summed E-state index contributed by atoms with van der Waals surface area (Å²) < 4.78 is 0. The first-order valence-corrected chi connectivity index (χ1v) is 6.96. The zero-order chi connectivity index (χ0) is 12.3. The molecule has 2 rings (SSSR count). The fourth-order valence-electron chi connectivity index (χ4n) is 2.91. The fraction of sp³-hybridized carbons (Fsp3) is 0.923. The van der Waals surface area contributed by atoms with E-state index in [1.165, 1.54) is 0 Å². The Balaban J connectivity index is 1.94. The molecule has 1 amide bonds. The highest BCUT2D eigenvalue weighted by molar-refractivity contribution is 5.79. The van der Waals surface area contributed by atoms with Crippen LogP contribution in [0.5, 0.6) is 0 Å². The first-order valence-electron chi connectivity index (χ1n) is 6.96. The number of nitrogens with zero attached hydrogens (tertiary/aromatic N) is 2. The Morgan fingerprint density at radius 3 is 2.65 bits per heavy atom. The van der Waals surface area contributed by atoms with Crippen LogP contribution < -0.4 is 5.32 Å². The molecular weight excluding hydrogens is 214 g/mol. The molecule has 1 atom stereocenters. The van der Waals surface area contributed by atoms with Gasteiger partial charge < -0.3 is 15.1 Å². The van der Waals surface area contributed by atoms with E-state index in [0.29, 0.717) is 11.9 Å². The number of amides is 1. The van der Waals surface area contributed by atoms with Crippen molar-refractivity contribution in [1.29, 1.82) is 0 Å². The smallest absolute Gasteiger partial charge is 0.226 e. The second kappa shape index (κ2) is 5.83. The van der Waals surface area contributed by atoms with Gasteiger partial charge in [-0.05, 0) is 19.4 Å². The van der Waals surface area contributed by atoms with E-state index in [1.54, 1.807) is 0 Å². The maximum absolute atomic E-state index is 12.3. The summed E-state index contributed by atoms with van der Waals surface area (Å²) in [4.78, 5) is 16.9. The third-order valence-electron chi connectivity index (χ3n) is 4.13. The molecule has 0 saturated carbocycles. The lowest BCUT2D eigenvalue weighted by Gasteiger charge is -2.38. The van der Waals surface area contributed by atoms with Crippen LogP contribution in [0.3, 0.4) is 0 Å². The van der Waals surface area contributed by atoms with E-state index in [1.807, 2.05) is 6.92 Å². The molecule has 1 unspecified atom stereocenters. The van der Waals surface area contributed by atoms with Gasteiger partial charge in [-0.15, -0.1) is 0 Å². The van der Waals surface area contributed by atoms with E-state index in [9.17, 15) is 4.79 Å².